The molecule has 3 heterocycles. The lowest BCUT2D eigenvalue weighted by Gasteiger charge is -2.44. The van der Waals surface area contributed by atoms with Crippen molar-refractivity contribution >= 4 is 11.8 Å². The fourth-order valence-corrected chi connectivity index (χ4v) is 12.3. The van der Waals surface area contributed by atoms with Crippen molar-refractivity contribution in [1.82, 2.24) is 4.90 Å². The van der Waals surface area contributed by atoms with E-state index in [0.29, 0.717) is 18.4 Å². The molecular weight excluding hydrogens is 767 g/mol. The van der Waals surface area contributed by atoms with Crippen LogP contribution in [0.1, 0.15) is 103 Å². The number of nitrogens with zero attached hydrogens (tertiary/aromatic N) is 1. The number of methoxy groups -OCH3 is 4. The minimum absolute atomic E-state index is 0.0155. The van der Waals surface area contributed by atoms with Gasteiger partial charge in [0.1, 0.15) is 30.2 Å². The molecule has 18 atom stereocenters. The number of esters is 1. The zero-order chi connectivity index (χ0) is 42.8. The normalized spacial score (nSPS) is 42.6. The van der Waals surface area contributed by atoms with Crippen LogP contribution < -0.4 is 4.74 Å². The smallest absolute Gasteiger partial charge is 0.306 e. The third kappa shape index (κ3) is 9.42. The molecule has 0 amide bonds. The third-order valence-corrected chi connectivity index (χ3v) is 15.3. The zero-order valence-corrected chi connectivity index (χ0v) is 37.8. The Morgan fingerprint density at radius 3 is 2.27 bits per heavy atom. The lowest BCUT2D eigenvalue weighted by Crippen LogP contribution is -2.59. The van der Waals surface area contributed by atoms with Crippen molar-refractivity contribution in [2.24, 2.45) is 35.5 Å². The van der Waals surface area contributed by atoms with Crippen molar-refractivity contribution in [3.05, 3.63) is 41.5 Å². The quantitative estimate of drug-likeness (QED) is 0.211. The Hall–Kier alpha value is -2.42. The highest BCUT2D eigenvalue weighted by atomic mass is 16.7. The van der Waals surface area contributed by atoms with E-state index in [2.05, 4.69) is 57.1 Å². The molecular formula is C48H73NO11. The van der Waals surface area contributed by atoms with E-state index in [1.54, 1.807) is 28.4 Å². The van der Waals surface area contributed by atoms with Gasteiger partial charge in [-0.3, -0.25) is 9.59 Å². The van der Waals surface area contributed by atoms with Crippen molar-refractivity contribution in [2.75, 3.05) is 42.5 Å². The number of cyclic esters (lactones) is 1. The van der Waals surface area contributed by atoms with Gasteiger partial charge in [-0.2, -0.15) is 0 Å². The molecule has 60 heavy (non-hydrogen) atoms. The fraction of sp³-hybridized carbons (Fsp3) is 0.792. The van der Waals surface area contributed by atoms with Crippen molar-refractivity contribution in [2.45, 2.75) is 165 Å². The van der Waals surface area contributed by atoms with Crippen LogP contribution in [0.3, 0.4) is 0 Å². The number of carbonyl (C=O) groups excluding carboxylic acids is 2. The summed E-state index contributed by atoms with van der Waals surface area (Å²) in [5.41, 5.74) is 1.93. The highest BCUT2D eigenvalue weighted by molar-refractivity contribution is 5.99. The summed E-state index contributed by atoms with van der Waals surface area (Å²) in [7, 11) is 10.9. The summed E-state index contributed by atoms with van der Waals surface area (Å²) in [6, 6.07) is 8.67. The second kappa shape index (κ2) is 20.0. The van der Waals surface area contributed by atoms with Crippen LogP contribution in [0.25, 0.3) is 0 Å². The van der Waals surface area contributed by atoms with Gasteiger partial charge in [-0.05, 0) is 139 Å². The van der Waals surface area contributed by atoms with Crippen LogP contribution in [0.15, 0.2) is 35.9 Å². The van der Waals surface area contributed by atoms with Crippen molar-refractivity contribution in [1.29, 1.82) is 0 Å². The molecule has 0 bridgehead atoms. The van der Waals surface area contributed by atoms with Crippen LogP contribution in [-0.2, 0) is 47.5 Å². The molecule has 3 saturated heterocycles. The molecule has 3 aliphatic heterocycles. The third-order valence-electron chi connectivity index (χ3n) is 15.3. The summed E-state index contributed by atoms with van der Waals surface area (Å²) in [6.07, 6.45) is 6.76. The molecule has 2 saturated carbocycles. The molecule has 0 spiro atoms. The van der Waals surface area contributed by atoms with Crippen molar-refractivity contribution in [3.8, 4) is 5.75 Å². The number of ether oxygens (including phenoxy) is 9. The molecule has 6 unspecified atom stereocenters. The van der Waals surface area contributed by atoms with E-state index in [0.717, 1.165) is 62.7 Å². The summed E-state index contributed by atoms with van der Waals surface area (Å²) >= 11 is 0. The van der Waals surface area contributed by atoms with E-state index in [1.807, 2.05) is 19.9 Å². The Bertz CT molecular complexity index is 1640. The average molecular weight is 840 g/mol. The van der Waals surface area contributed by atoms with E-state index < -0.39 is 18.3 Å². The molecule has 0 radical (unpaired) electrons. The molecule has 5 fully saturated rings. The number of Topliss-reactive ketones (excluding diaryl/α,β-unsaturated/α-hetero) is 1. The largest absolute Gasteiger partial charge is 0.497 e. The molecule has 0 aromatic heterocycles. The fourth-order valence-electron chi connectivity index (χ4n) is 12.3. The van der Waals surface area contributed by atoms with E-state index in [9.17, 15) is 4.79 Å². The molecule has 3 aliphatic carbocycles. The maximum absolute atomic E-state index is 15.2. The number of ketones is 1. The lowest BCUT2D eigenvalue weighted by molar-refractivity contribution is -0.314. The molecule has 7 rings (SSSR count). The maximum atomic E-state index is 15.2. The Labute approximate surface area is 358 Å². The van der Waals surface area contributed by atoms with E-state index in [1.165, 1.54) is 5.56 Å². The van der Waals surface area contributed by atoms with Gasteiger partial charge in [0.2, 0.25) is 0 Å². The van der Waals surface area contributed by atoms with Crippen molar-refractivity contribution in [3.63, 3.8) is 0 Å². The monoisotopic (exact) mass is 840 g/mol. The molecule has 1 aromatic rings. The van der Waals surface area contributed by atoms with Gasteiger partial charge >= 0.3 is 5.97 Å². The van der Waals surface area contributed by atoms with Crippen LogP contribution in [0.2, 0.25) is 0 Å². The number of carbonyl (C=O) groups is 2. The van der Waals surface area contributed by atoms with Crippen LogP contribution >= 0.6 is 0 Å². The second-order valence-corrected chi connectivity index (χ2v) is 18.8. The molecule has 1 aromatic carbocycles. The van der Waals surface area contributed by atoms with E-state index >= 15 is 4.79 Å². The first-order valence-corrected chi connectivity index (χ1v) is 22.8. The second-order valence-electron chi connectivity index (χ2n) is 18.8. The van der Waals surface area contributed by atoms with Crippen LogP contribution in [-0.4, -0.2) is 127 Å². The van der Waals surface area contributed by atoms with Crippen LogP contribution in [0.4, 0.5) is 0 Å². The van der Waals surface area contributed by atoms with Gasteiger partial charge in [0, 0.05) is 39.2 Å². The summed E-state index contributed by atoms with van der Waals surface area (Å²) in [4.78, 5) is 31.5. The van der Waals surface area contributed by atoms with Gasteiger partial charge in [0.25, 0.3) is 0 Å². The zero-order valence-electron chi connectivity index (χ0n) is 37.8. The van der Waals surface area contributed by atoms with E-state index in [-0.39, 0.29) is 96.8 Å². The van der Waals surface area contributed by atoms with Gasteiger partial charge in [0.05, 0.1) is 37.9 Å². The van der Waals surface area contributed by atoms with Gasteiger partial charge < -0.3 is 47.5 Å². The molecule has 336 valence electrons. The van der Waals surface area contributed by atoms with Gasteiger partial charge in [-0.15, -0.1) is 0 Å². The number of hydrogen-bond acceptors (Lipinski definition) is 12. The minimum Gasteiger partial charge on any atom is -0.497 e. The first-order chi connectivity index (χ1) is 28.9. The summed E-state index contributed by atoms with van der Waals surface area (Å²) in [5.74, 6) is 0.683. The number of hydrogen-bond donors (Lipinski definition) is 0. The number of allylic oxidation sites excluding steroid dienone is 2. The maximum Gasteiger partial charge on any atom is 0.306 e. The summed E-state index contributed by atoms with van der Waals surface area (Å²) in [5, 5.41) is 0. The molecule has 0 N–H and O–H groups in total. The lowest BCUT2D eigenvalue weighted by atomic mass is 9.59. The average Bonchev–Trinajstić information content (AvgIpc) is 3.82. The number of fused-ring (bicyclic) bond motifs is 5. The minimum atomic E-state index is -0.626. The van der Waals surface area contributed by atoms with Crippen LogP contribution in [0.5, 0.6) is 5.75 Å². The van der Waals surface area contributed by atoms with Crippen LogP contribution in [0, 0.1) is 35.5 Å². The van der Waals surface area contributed by atoms with Gasteiger partial charge in [-0.1, -0.05) is 32.1 Å². The van der Waals surface area contributed by atoms with E-state index in [4.69, 9.17) is 42.6 Å². The first kappa shape index (κ1) is 45.6. The highest BCUT2D eigenvalue weighted by Gasteiger charge is 2.57. The van der Waals surface area contributed by atoms with Gasteiger partial charge in [0.15, 0.2) is 18.4 Å². The molecule has 6 aliphatic rings. The number of rotatable bonds is 11. The summed E-state index contributed by atoms with van der Waals surface area (Å²) < 4.78 is 56.2. The van der Waals surface area contributed by atoms with Gasteiger partial charge in [-0.25, -0.2) is 0 Å². The SMILES string of the molecule is CC[C@H]1CCC[C@H](O[C@H]2CC[C@H](N(C)C)C(C)O2)[C@@H](C)C(=O)C2=C[C@@H]3C(C(c4cccc(OC)c4)C[C@@H]4C[C@@H](O[C@@H]5OC(C)[C@H](OC)C(OC)C5OC)C[C@H]43)[C@@H]2CC(=O)O1. The molecule has 12 nitrogen and oxygen atoms in total. The Kier molecular flexibility index (Phi) is 15.2. The molecule has 12 heteroatoms. The first-order valence-electron chi connectivity index (χ1n) is 22.8. The Balaban J connectivity index is 1.21. The summed E-state index contributed by atoms with van der Waals surface area (Å²) in [6.45, 7) is 8.21. The predicted octanol–water partition coefficient (Wildman–Crippen LogP) is 7.11. The Morgan fingerprint density at radius 2 is 1.58 bits per heavy atom. The predicted molar refractivity (Wildman–Crippen MR) is 225 cm³/mol. The standard InChI is InChI=1S/C48H73NO11/c1-11-31-15-13-17-40(60-42-19-18-39(49(5)6)27(3)56-42)26(2)44(51)38-24-36-34-23-33(59-48-47(55-10)46(54-9)45(53-8)28(4)57-48)21-30(34)22-35(29-14-12-16-32(20-29)52-7)43(36)37(38)25-41(50)58-31/h12,14,16,20,24,26-28,30-31,33-37,39-40,42-43,45-48H,11,13,15,17-19,21-23,25H2,1-10H3/t26-,27?,28?,30+,31+,33-,34-,35?,36+,37-,39+,40+,42+,43?,45+,46?,47?,48+/m1/s1. The van der Waals surface area contributed by atoms with Crippen molar-refractivity contribution < 1.29 is 52.2 Å². The number of benzene rings is 1. The highest BCUT2D eigenvalue weighted by Crippen LogP contribution is 2.61. The number of likely N-dealkylation sites (N-methyl/N-ethyl adjacent to an activating group) is 1. The topological polar surface area (TPSA) is 120 Å². The Morgan fingerprint density at radius 1 is 0.817 bits per heavy atom.